The van der Waals surface area contributed by atoms with Gasteiger partial charge < -0.3 is 16.2 Å². The Morgan fingerprint density at radius 3 is 2.33 bits per heavy atom. The van der Waals surface area contributed by atoms with E-state index in [9.17, 15) is 0 Å². The minimum Gasteiger partial charge on any atom is -0.497 e. The van der Waals surface area contributed by atoms with Crippen molar-refractivity contribution >= 4 is 36.2 Å². The molecule has 2 rings (SSSR count). The van der Waals surface area contributed by atoms with Crippen molar-refractivity contribution < 1.29 is 4.74 Å². The lowest BCUT2D eigenvalue weighted by atomic mass is 10.0. The summed E-state index contributed by atoms with van der Waals surface area (Å²) < 4.78 is 5.17. The van der Waals surface area contributed by atoms with E-state index in [1.807, 2.05) is 36.4 Å². The van der Waals surface area contributed by atoms with Gasteiger partial charge in [0.1, 0.15) is 5.75 Å². The van der Waals surface area contributed by atoms with Crippen molar-refractivity contribution in [3.05, 3.63) is 42.5 Å². The molecule has 0 aromatic heterocycles. The second kappa shape index (κ2) is 6.99. The molecule has 2 aromatic carbocycles. The van der Waals surface area contributed by atoms with Gasteiger partial charge in [0.05, 0.1) is 7.11 Å². The van der Waals surface area contributed by atoms with Crippen LogP contribution in [0, 0.1) is 0 Å². The van der Waals surface area contributed by atoms with Gasteiger partial charge in [-0.2, -0.15) is 0 Å². The Morgan fingerprint density at radius 2 is 1.67 bits per heavy atom. The number of nitrogen functional groups attached to an aromatic ring is 2. The highest BCUT2D eigenvalue weighted by atomic mass is 35.5. The monoisotopic (exact) mass is 286 g/mol. The predicted molar refractivity (Wildman–Crippen MR) is 81.8 cm³/mol. The van der Waals surface area contributed by atoms with Crippen molar-refractivity contribution in [1.29, 1.82) is 0 Å². The third-order valence-corrected chi connectivity index (χ3v) is 2.46. The Hall–Kier alpha value is -1.58. The van der Waals surface area contributed by atoms with Gasteiger partial charge in [0.15, 0.2) is 0 Å². The van der Waals surface area contributed by atoms with E-state index in [4.69, 9.17) is 16.2 Å². The van der Waals surface area contributed by atoms with Crippen molar-refractivity contribution in [2.45, 2.75) is 0 Å². The Labute approximate surface area is 119 Å². The molecule has 0 aliphatic heterocycles. The molecule has 0 radical (unpaired) electrons. The standard InChI is InChI=1S/C13H14N2O.2ClH/c1-16-11-4-2-3-9(7-11)12-8-10(14)5-6-13(12)15;;/h2-8H,14-15H2,1H3;2*1H. The van der Waals surface area contributed by atoms with E-state index in [2.05, 4.69) is 0 Å². The third kappa shape index (κ3) is 3.45. The summed E-state index contributed by atoms with van der Waals surface area (Å²) in [6.07, 6.45) is 0. The molecule has 0 spiro atoms. The molecular formula is C13H16Cl2N2O. The van der Waals surface area contributed by atoms with Crippen LogP contribution < -0.4 is 16.2 Å². The number of anilines is 2. The van der Waals surface area contributed by atoms with Gasteiger partial charge in [-0.3, -0.25) is 0 Å². The average molecular weight is 287 g/mol. The van der Waals surface area contributed by atoms with Crippen LogP contribution in [0.4, 0.5) is 11.4 Å². The van der Waals surface area contributed by atoms with Crippen LogP contribution in [0.1, 0.15) is 0 Å². The highest BCUT2D eigenvalue weighted by molar-refractivity contribution is 5.85. The molecule has 0 saturated carbocycles. The molecule has 0 aliphatic rings. The predicted octanol–water partition coefficient (Wildman–Crippen LogP) is 3.37. The Balaban J connectivity index is 0.00000144. The zero-order chi connectivity index (χ0) is 11.5. The third-order valence-electron chi connectivity index (χ3n) is 2.46. The summed E-state index contributed by atoms with van der Waals surface area (Å²) in [7, 11) is 1.64. The fraction of sp³-hybridized carbons (Fsp3) is 0.0769. The van der Waals surface area contributed by atoms with Crippen LogP contribution in [0.5, 0.6) is 5.75 Å². The summed E-state index contributed by atoms with van der Waals surface area (Å²) in [5.74, 6) is 0.805. The molecule has 0 fully saturated rings. The van der Waals surface area contributed by atoms with Crippen molar-refractivity contribution in [3.8, 4) is 16.9 Å². The maximum atomic E-state index is 5.92. The summed E-state index contributed by atoms with van der Waals surface area (Å²) in [5, 5.41) is 0. The molecule has 0 atom stereocenters. The molecule has 0 bridgehead atoms. The highest BCUT2D eigenvalue weighted by Gasteiger charge is 2.04. The second-order valence-corrected chi connectivity index (χ2v) is 3.58. The number of benzene rings is 2. The van der Waals surface area contributed by atoms with Crippen LogP contribution in [0.2, 0.25) is 0 Å². The lowest BCUT2D eigenvalue weighted by Gasteiger charge is -2.08. The van der Waals surface area contributed by atoms with Gasteiger partial charge in [0.25, 0.3) is 0 Å². The van der Waals surface area contributed by atoms with E-state index < -0.39 is 0 Å². The minimum absolute atomic E-state index is 0. The fourth-order valence-corrected chi connectivity index (χ4v) is 1.61. The summed E-state index contributed by atoms with van der Waals surface area (Å²) in [4.78, 5) is 0. The van der Waals surface area contributed by atoms with Gasteiger partial charge in [-0.15, -0.1) is 24.8 Å². The summed E-state index contributed by atoms with van der Waals surface area (Å²) in [6.45, 7) is 0. The van der Waals surface area contributed by atoms with Gasteiger partial charge in [-0.25, -0.2) is 0 Å². The number of hydrogen-bond acceptors (Lipinski definition) is 3. The van der Waals surface area contributed by atoms with E-state index in [1.165, 1.54) is 0 Å². The number of halogens is 2. The normalized spacial score (nSPS) is 8.94. The van der Waals surface area contributed by atoms with Crippen molar-refractivity contribution in [3.63, 3.8) is 0 Å². The molecule has 3 nitrogen and oxygen atoms in total. The molecule has 0 unspecified atom stereocenters. The number of rotatable bonds is 2. The van der Waals surface area contributed by atoms with Gasteiger partial charge in [0, 0.05) is 16.9 Å². The highest BCUT2D eigenvalue weighted by Crippen LogP contribution is 2.30. The Kier molecular flexibility index (Phi) is 6.37. The minimum atomic E-state index is 0. The van der Waals surface area contributed by atoms with Crippen LogP contribution in [-0.2, 0) is 0 Å². The largest absolute Gasteiger partial charge is 0.497 e. The van der Waals surface area contributed by atoms with E-state index in [0.29, 0.717) is 11.4 Å². The molecule has 5 heteroatoms. The zero-order valence-electron chi connectivity index (χ0n) is 9.92. The summed E-state index contributed by atoms with van der Waals surface area (Å²) in [6, 6.07) is 13.2. The molecular weight excluding hydrogens is 271 g/mol. The second-order valence-electron chi connectivity index (χ2n) is 3.58. The SMILES string of the molecule is COc1cccc(-c2cc(N)ccc2N)c1.Cl.Cl. The number of hydrogen-bond donors (Lipinski definition) is 2. The molecule has 0 amide bonds. The fourth-order valence-electron chi connectivity index (χ4n) is 1.61. The van der Waals surface area contributed by atoms with Crippen LogP contribution in [-0.4, -0.2) is 7.11 Å². The van der Waals surface area contributed by atoms with Crippen LogP contribution in [0.3, 0.4) is 0 Å². The van der Waals surface area contributed by atoms with Crippen LogP contribution in [0.15, 0.2) is 42.5 Å². The first kappa shape index (κ1) is 16.4. The molecule has 0 saturated heterocycles. The quantitative estimate of drug-likeness (QED) is 0.832. The molecule has 0 aliphatic carbocycles. The van der Waals surface area contributed by atoms with Gasteiger partial charge in [0.2, 0.25) is 0 Å². The lowest BCUT2D eigenvalue weighted by Crippen LogP contribution is -1.93. The van der Waals surface area contributed by atoms with Gasteiger partial charge in [-0.05, 0) is 35.9 Å². The lowest BCUT2D eigenvalue weighted by molar-refractivity contribution is 0.415. The average Bonchev–Trinajstić information content (AvgIpc) is 2.32. The molecule has 98 valence electrons. The summed E-state index contributed by atoms with van der Waals surface area (Å²) >= 11 is 0. The van der Waals surface area contributed by atoms with E-state index in [0.717, 1.165) is 16.9 Å². The molecule has 2 aromatic rings. The molecule has 0 heterocycles. The number of methoxy groups -OCH3 is 1. The Bertz CT molecular complexity index is 518. The van der Waals surface area contributed by atoms with Gasteiger partial charge in [-0.1, -0.05) is 12.1 Å². The first-order valence-electron chi connectivity index (χ1n) is 5.00. The van der Waals surface area contributed by atoms with Gasteiger partial charge >= 0.3 is 0 Å². The zero-order valence-corrected chi connectivity index (χ0v) is 11.6. The van der Waals surface area contributed by atoms with E-state index >= 15 is 0 Å². The number of ether oxygens (including phenoxy) is 1. The molecule has 4 N–H and O–H groups in total. The van der Waals surface area contributed by atoms with E-state index in [-0.39, 0.29) is 24.8 Å². The van der Waals surface area contributed by atoms with Crippen molar-refractivity contribution in [2.24, 2.45) is 0 Å². The maximum absolute atomic E-state index is 5.92. The summed E-state index contributed by atoms with van der Waals surface area (Å²) in [5.41, 5.74) is 15.0. The first-order chi connectivity index (χ1) is 7.70. The topological polar surface area (TPSA) is 61.3 Å². The smallest absolute Gasteiger partial charge is 0.119 e. The van der Waals surface area contributed by atoms with E-state index in [1.54, 1.807) is 13.2 Å². The Morgan fingerprint density at radius 1 is 0.944 bits per heavy atom. The van der Waals surface area contributed by atoms with Crippen LogP contribution >= 0.6 is 24.8 Å². The number of nitrogens with two attached hydrogens (primary N) is 2. The maximum Gasteiger partial charge on any atom is 0.119 e. The first-order valence-corrected chi connectivity index (χ1v) is 5.00. The van der Waals surface area contributed by atoms with Crippen molar-refractivity contribution in [1.82, 2.24) is 0 Å². The van der Waals surface area contributed by atoms with Crippen molar-refractivity contribution in [2.75, 3.05) is 18.6 Å². The van der Waals surface area contributed by atoms with Crippen LogP contribution in [0.25, 0.3) is 11.1 Å². The molecule has 18 heavy (non-hydrogen) atoms.